The number of nitrogens with two attached hydrogens (primary N) is 1. The number of hydrogen-bond donors (Lipinski definition) is 2. The standard InChI is InChI=1S/C15H23N3O/c1-4-15(2,3)17-13(19)10-18-9-8-11-6-5-7-12(16)14(11)18/h5-7H,4,8-10,16H2,1-3H3,(H,17,19). The van der Waals surface area contributed by atoms with Crippen LogP contribution in [0.15, 0.2) is 18.2 Å². The largest absolute Gasteiger partial charge is 0.397 e. The molecular weight excluding hydrogens is 238 g/mol. The molecule has 0 bridgehead atoms. The van der Waals surface area contributed by atoms with E-state index in [0.717, 1.165) is 30.8 Å². The average molecular weight is 261 g/mol. The van der Waals surface area contributed by atoms with Crippen molar-refractivity contribution in [2.45, 2.75) is 39.2 Å². The van der Waals surface area contributed by atoms with Crippen LogP contribution in [0.4, 0.5) is 11.4 Å². The highest BCUT2D eigenvalue weighted by atomic mass is 16.2. The Labute approximate surface area is 115 Å². The molecule has 104 valence electrons. The Hall–Kier alpha value is -1.71. The summed E-state index contributed by atoms with van der Waals surface area (Å²) in [5.41, 5.74) is 8.90. The molecule has 0 atom stereocenters. The van der Waals surface area contributed by atoms with Gasteiger partial charge in [-0.25, -0.2) is 0 Å². The maximum atomic E-state index is 12.1. The second-order valence-electron chi connectivity index (χ2n) is 5.81. The van der Waals surface area contributed by atoms with E-state index < -0.39 is 0 Å². The Morgan fingerprint density at radius 3 is 2.89 bits per heavy atom. The fourth-order valence-electron chi connectivity index (χ4n) is 2.40. The van der Waals surface area contributed by atoms with Crippen molar-refractivity contribution in [1.82, 2.24) is 5.32 Å². The molecule has 1 aromatic rings. The summed E-state index contributed by atoms with van der Waals surface area (Å²) in [4.78, 5) is 14.2. The molecule has 1 amide bonds. The van der Waals surface area contributed by atoms with Gasteiger partial charge in [0.2, 0.25) is 5.91 Å². The molecule has 0 fully saturated rings. The van der Waals surface area contributed by atoms with Crippen molar-refractivity contribution in [3.8, 4) is 0 Å². The molecule has 1 aliphatic heterocycles. The van der Waals surface area contributed by atoms with Crippen molar-refractivity contribution in [2.24, 2.45) is 0 Å². The molecule has 19 heavy (non-hydrogen) atoms. The van der Waals surface area contributed by atoms with Gasteiger partial charge in [0.25, 0.3) is 0 Å². The third kappa shape index (κ3) is 3.00. The molecule has 0 radical (unpaired) electrons. The van der Waals surface area contributed by atoms with Crippen molar-refractivity contribution >= 4 is 17.3 Å². The van der Waals surface area contributed by atoms with Crippen molar-refractivity contribution in [3.63, 3.8) is 0 Å². The molecule has 2 rings (SSSR count). The van der Waals surface area contributed by atoms with E-state index in [1.165, 1.54) is 5.56 Å². The Kier molecular flexibility index (Phi) is 3.69. The van der Waals surface area contributed by atoms with Crippen LogP contribution in [-0.2, 0) is 11.2 Å². The van der Waals surface area contributed by atoms with Crippen LogP contribution in [0.2, 0.25) is 0 Å². The molecule has 0 saturated carbocycles. The Morgan fingerprint density at radius 2 is 2.21 bits per heavy atom. The average Bonchev–Trinajstić information content (AvgIpc) is 2.73. The Balaban J connectivity index is 2.05. The zero-order chi connectivity index (χ0) is 14.0. The predicted molar refractivity (Wildman–Crippen MR) is 79.3 cm³/mol. The fraction of sp³-hybridized carbons (Fsp3) is 0.533. The number of nitrogens with one attached hydrogen (secondary N) is 1. The number of hydrogen-bond acceptors (Lipinski definition) is 3. The van der Waals surface area contributed by atoms with Gasteiger partial charge in [-0.15, -0.1) is 0 Å². The Bertz CT molecular complexity index is 482. The van der Waals surface area contributed by atoms with E-state index in [9.17, 15) is 4.79 Å². The van der Waals surface area contributed by atoms with Crippen LogP contribution in [-0.4, -0.2) is 24.5 Å². The summed E-state index contributed by atoms with van der Waals surface area (Å²) in [6, 6.07) is 5.95. The summed E-state index contributed by atoms with van der Waals surface area (Å²) in [5.74, 6) is 0.0583. The molecule has 1 aromatic carbocycles. The van der Waals surface area contributed by atoms with Gasteiger partial charge in [0.05, 0.1) is 17.9 Å². The number of carbonyl (C=O) groups excluding carboxylic acids is 1. The molecule has 0 aliphatic carbocycles. The lowest BCUT2D eigenvalue weighted by Crippen LogP contribution is -2.47. The predicted octanol–water partition coefficient (Wildman–Crippen LogP) is 1.94. The maximum Gasteiger partial charge on any atom is 0.239 e. The molecular formula is C15H23N3O. The first-order valence-corrected chi connectivity index (χ1v) is 6.86. The van der Waals surface area contributed by atoms with E-state index in [4.69, 9.17) is 5.73 Å². The van der Waals surface area contributed by atoms with Gasteiger partial charge in [-0.2, -0.15) is 0 Å². The molecule has 0 spiro atoms. The molecule has 4 nitrogen and oxygen atoms in total. The lowest BCUT2D eigenvalue weighted by Gasteiger charge is -2.27. The first-order valence-electron chi connectivity index (χ1n) is 6.86. The minimum Gasteiger partial charge on any atom is -0.397 e. The van der Waals surface area contributed by atoms with Crippen LogP contribution in [0.3, 0.4) is 0 Å². The van der Waals surface area contributed by atoms with Gasteiger partial charge < -0.3 is 16.0 Å². The Morgan fingerprint density at radius 1 is 1.47 bits per heavy atom. The highest BCUT2D eigenvalue weighted by Crippen LogP contribution is 2.33. The fourth-order valence-corrected chi connectivity index (χ4v) is 2.40. The van der Waals surface area contributed by atoms with Crippen LogP contribution >= 0.6 is 0 Å². The van der Waals surface area contributed by atoms with E-state index >= 15 is 0 Å². The van der Waals surface area contributed by atoms with Crippen LogP contribution in [0, 0.1) is 0 Å². The second kappa shape index (κ2) is 5.11. The van der Waals surface area contributed by atoms with E-state index in [1.54, 1.807) is 0 Å². The molecule has 0 unspecified atom stereocenters. The van der Waals surface area contributed by atoms with Crippen LogP contribution in [0.5, 0.6) is 0 Å². The van der Waals surface area contributed by atoms with E-state index in [0.29, 0.717) is 6.54 Å². The normalized spacial score (nSPS) is 14.4. The van der Waals surface area contributed by atoms with Gasteiger partial charge in [-0.1, -0.05) is 19.1 Å². The summed E-state index contributed by atoms with van der Waals surface area (Å²) in [6.45, 7) is 7.39. The molecule has 0 aromatic heterocycles. The van der Waals surface area contributed by atoms with Crippen molar-refractivity contribution in [2.75, 3.05) is 23.7 Å². The summed E-state index contributed by atoms with van der Waals surface area (Å²) in [7, 11) is 0. The monoisotopic (exact) mass is 261 g/mol. The number of fused-ring (bicyclic) bond motifs is 1. The van der Waals surface area contributed by atoms with Crippen LogP contribution < -0.4 is 16.0 Å². The number of rotatable bonds is 4. The second-order valence-corrected chi connectivity index (χ2v) is 5.81. The van der Waals surface area contributed by atoms with Gasteiger partial charge in [0.15, 0.2) is 0 Å². The zero-order valence-corrected chi connectivity index (χ0v) is 12.0. The van der Waals surface area contributed by atoms with Gasteiger partial charge in [-0.05, 0) is 38.3 Å². The smallest absolute Gasteiger partial charge is 0.239 e. The third-order valence-electron chi connectivity index (χ3n) is 3.81. The third-order valence-corrected chi connectivity index (χ3v) is 3.81. The van der Waals surface area contributed by atoms with E-state index in [-0.39, 0.29) is 11.4 Å². The summed E-state index contributed by atoms with van der Waals surface area (Å²) < 4.78 is 0. The number of anilines is 2. The van der Waals surface area contributed by atoms with E-state index in [2.05, 4.69) is 23.2 Å². The molecule has 3 N–H and O–H groups in total. The minimum absolute atomic E-state index is 0.0583. The van der Waals surface area contributed by atoms with Crippen molar-refractivity contribution in [1.29, 1.82) is 0 Å². The SMILES string of the molecule is CCC(C)(C)NC(=O)CN1CCc2cccc(N)c21. The van der Waals surface area contributed by atoms with Gasteiger partial charge >= 0.3 is 0 Å². The highest BCUT2D eigenvalue weighted by molar-refractivity contribution is 5.85. The number of nitrogen functional groups attached to an aromatic ring is 1. The summed E-state index contributed by atoms with van der Waals surface area (Å²) in [5, 5.41) is 3.06. The number of amides is 1. The quantitative estimate of drug-likeness (QED) is 0.814. The van der Waals surface area contributed by atoms with Crippen LogP contribution in [0.1, 0.15) is 32.8 Å². The van der Waals surface area contributed by atoms with Crippen molar-refractivity contribution in [3.05, 3.63) is 23.8 Å². The molecule has 4 heteroatoms. The molecule has 1 heterocycles. The van der Waals surface area contributed by atoms with E-state index in [1.807, 2.05) is 26.0 Å². The first kappa shape index (κ1) is 13.7. The number of nitrogens with zero attached hydrogens (tertiary/aromatic N) is 1. The van der Waals surface area contributed by atoms with Crippen molar-refractivity contribution < 1.29 is 4.79 Å². The summed E-state index contributed by atoms with van der Waals surface area (Å²) in [6.07, 6.45) is 1.88. The van der Waals surface area contributed by atoms with Gasteiger partial charge in [0, 0.05) is 12.1 Å². The molecule has 1 aliphatic rings. The summed E-state index contributed by atoms with van der Waals surface area (Å²) >= 11 is 0. The first-order chi connectivity index (χ1) is 8.93. The minimum atomic E-state index is -0.151. The number of carbonyl (C=O) groups is 1. The topological polar surface area (TPSA) is 58.4 Å². The lowest BCUT2D eigenvalue weighted by molar-refractivity contribution is -0.121. The highest BCUT2D eigenvalue weighted by Gasteiger charge is 2.25. The van der Waals surface area contributed by atoms with Gasteiger partial charge in [0.1, 0.15) is 0 Å². The number of benzene rings is 1. The zero-order valence-electron chi connectivity index (χ0n) is 12.0. The molecule has 0 saturated heterocycles. The van der Waals surface area contributed by atoms with Crippen LogP contribution in [0.25, 0.3) is 0 Å². The van der Waals surface area contributed by atoms with Gasteiger partial charge in [-0.3, -0.25) is 4.79 Å². The maximum absolute atomic E-state index is 12.1. The number of para-hydroxylation sites is 1. The lowest BCUT2D eigenvalue weighted by atomic mass is 10.0.